The highest BCUT2D eigenvalue weighted by atomic mass is 35.5. The summed E-state index contributed by atoms with van der Waals surface area (Å²) in [5, 5.41) is 0.232. The summed E-state index contributed by atoms with van der Waals surface area (Å²) >= 11 is 6.00. The number of hydrogen-bond acceptors (Lipinski definition) is 4. The summed E-state index contributed by atoms with van der Waals surface area (Å²) in [5.41, 5.74) is 0.922. The highest BCUT2D eigenvalue weighted by Gasteiger charge is 2.20. The number of rotatable bonds is 7. The molecule has 0 aliphatic rings. The van der Waals surface area contributed by atoms with Gasteiger partial charge in [-0.3, -0.25) is 4.79 Å². The highest BCUT2D eigenvalue weighted by Crippen LogP contribution is 2.40. The van der Waals surface area contributed by atoms with Gasteiger partial charge in [-0.15, -0.1) is 0 Å². The Kier molecular flexibility index (Phi) is 6.69. The molecule has 0 aliphatic heterocycles. The maximum absolute atomic E-state index is 13.9. The lowest BCUT2D eigenvalue weighted by Crippen LogP contribution is -2.28. The lowest BCUT2D eigenvalue weighted by Gasteiger charge is -2.21. The summed E-state index contributed by atoms with van der Waals surface area (Å²) in [7, 11) is 6.19. The fraction of sp³-hybridized carbons (Fsp3) is 0.316. The van der Waals surface area contributed by atoms with Crippen LogP contribution in [-0.2, 0) is 17.8 Å². The first kappa shape index (κ1) is 19.8. The van der Waals surface area contributed by atoms with Crippen LogP contribution in [0.1, 0.15) is 11.1 Å². The molecule has 0 atom stereocenters. The predicted octanol–water partition coefficient (Wildman–Crippen LogP) is 3.71. The van der Waals surface area contributed by atoms with Crippen molar-refractivity contribution in [2.75, 3.05) is 28.4 Å². The van der Waals surface area contributed by atoms with E-state index in [4.69, 9.17) is 25.8 Å². The molecule has 26 heavy (non-hydrogen) atoms. The third-order valence-electron chi connectivity index (χ3n) is 4.01. The van der Waals surface area contributed by atoms with E-state index in [9.17, 15) is 9.18 Å². The number of nitrogens with zero attached hydrogens (tertiary/aromatic N) is 1. The molecule has 2 rings (SSSR count). The molecule has 0 aromatic heterocycles. The van der Waals surface area contributed by atoms with E-state index in [1.807, 2.05) is 0 Å². The summed E-state index contributed by atoms with van der Waals surface area (Å²) in [6.45, 7) is 0.258. The lowest BCUT2D eigenvalue weighted by atomic mass is 10.1. The smallest absolute Gasteiger partial charge is 0.227 e. The Morgan fingerprint density at radius 1 is 1.08 bits per heavy atom. The number of benzene rings is 2. The third kappa shape index (κ3) is 4.19. The highest BCUT2D eigenvalue weighted by molar-refractivity contribution is 6.31. The largest absolute Gasteiger partial charge is 0.493 e. The third-order valence-corrected chi connectivity index (χ3v) is 4.36. The van der Waals surface area contributed by atoms with E-state index in [0.29, 0.717) is 17.2 Å². The van der Waals surface area contributed by atoms with Gasteiger partial charge < -0.3 is 19.1 Å². The normalized spacial score (nSPS) is 10.4. The van der Waals surface area contributed by atoms with Crippen molar-refractivity contribution in [1.82, 2.24) is 4.90 Å². The zero-order valence-electron chi connectivity index (χ0n) is 15.1. The van der Waals surface area contributed by atoms with Gasteiger partial charge in [-0.05, 0) is 24.3 Å². The van der Waals surface area contributed by atoms with E-state index in [-0.39, 0.29) is 29.5 Å². The van der Waals surface area contributed by atoms with Gasteiger partial charge in [0.25, 0.3) is 0 Å². The number of halogens is 2. The topological polar surface area (TPSA) is 48.0 Å². The first-order valence-corrected chi connectivity index (χ1v) is 8.25. The van der Waals surface area contributed by atoms with Gasteiger partial charge in [0.2, 0.25) is 11.7 Å². The standard InChI is InChI=1S/C19H21ClFNO4/c1-22(17(23)10-13-14(20)6-5-7-15(13)21)11-12-8-9-16(24-2)19(26-4)18(12)25-3/h5-9H,10-11H2,1-4H3. The van der Waals surface area contributed by atoms with Gasteiger partial charge in [-0.2, -0.15) is 0 Å². The van der Waals surface area contributed by atoms with E-state index in [0.717, 1.165) is 5.56 Å². The zero-order chi connectivity index (χ0) is 19.3. The number of hydrogen-bond donors (Lipinski definition) is 0. The Hall–Kier alpha value is -2.47. The molecule has 0 bridgehead atoms. The van der Waals surface area contributed by atoms with E-state index < -0.39 is 5.82 Å². The number of ether oxygens (including phenoxy) is 3. The second-order valence-electron chi connectivity index (χ2n) is 5.62. The Morgan fingerprint density at radius 3 is 2.35 bits per heavy atom. The van der Waals surface area contributed by atoms with Crippen LogP contribution in [-0.4, -0.2) is 39.2 Å². The molecule has 0 N–H and O–H groups in total. The molecule has 0 radical (unpaired) electrons. The molecule has 0 spiro atoms. The van der Waals surface area contributed by atoms with E-state index in [1.165, 1.54) is 38.4 Å². The summed E-state index contributed by atoms with van der Waals surface area (Å²) < 4.78 is 29.9. The first-order chi connectivity index (χ1) is 12.4. The van der Waals surface area contributed by atoms with Crippen molar-refractivity contribution < 1.29 is 23.4 Å². The number of carbonyl (C=O) groups excluding carboxylic acids is 1. The van der Waals surface area contributed by atoms with Crippen LogP contribution in [0.25, 0.3) is 0 Å². The van der Waals surface area contributed by atoms with Crippen LogP contribution < -0.4 is 14.2 Å². The van der Waals surface area contributed by atoms with Gasteiger partial charge in [0.05, 0.1) is 27.8 Å². The minimum absolute atomic E-state index is 0.127. The molecule has 140 valence electrons. The zero-order valence-corrected chi connectivity index (χ0v) is 15.9. The molecule has 2 aromatic rings. The molecule has 1 amide bonds. The Bertz CT molecular complexity index is 777. The molecule has 7 heteroatoms. The molecule has 0 heterocycles. The summed E-state index contributed by atoms with van der Waals surface area (Å²) in [4.78, 5) is 14.0. The molecule has 0 saturated carbocycles. The van der Waals surface area contributed by atoms with E-state index in [1.54, 1.807) is 25.2 Å². The number of likely N-dealkylation sites (N-methyl/N-ethyl adjacent to an activating group) is 1. The van der Waals surface area contributed by atoms with Crippen molar-refractivity contribution in [3.63, 3.8) is 0 Å². The van der Waals surface area contributed by atoms with Crippen LogP contribution in [0.3, 0.4) is 0 Å². The Balaban J connectivity index is 2.21. The Labute approximate surface area is 157 Å². The predicted molar refractivity (Wildman–Crippen MR) is 97.7 cm³/mol. The molecular weight excluding hydrogens is 361 g/mol. The summed E-state index contributed by atoms with van der Waals surface area (Å²) in [6, 6.07) is 7.88. The van der Waals surface area contributed by atoms with E-state index in [2.05, 4.69) is 0 Å². The molecule has 0 aliphatic carbocycles. The van der Waals surface area contributed by atoms with E-state index >= 15 is 0 Å². The number of methoxy groups -OCH3 is 3. The van der Waals surface area contributed by atoms with Crippen LogP contribution in [0.4, 0.5) is 4.39 Å². The fourth-order valence-corrected chi connectivity index (χ4v) is 2.85. The van der Waals surface area contributed by atoms with Crippen molar-refractivity contribution in [2.24, 2.45) is 0 Å². The quantitative estimate of drug-likeness (QED) is 0.733. The number of carbonyl (C=O) groups is 1. The van der Waals surface area contributed by atoms with Gasteiger partial charge in [0.1, 0.15) is 5.82 Å². The fourth-order valence-electron chi connectivity index (χ4n) is 2.62. The molecule has 0 saturated heterocycles. The van der Waals surface area contributed by atoms with Crippen molar-refractivity contribution in [3.05, 3.63) is 52.3 Å². The lowest BCUT2D eigenvalue weighted by molar-refractivity contribution is -0.129. The minimum atomic E-state index is -0.497. The SMILES string of the molecule is COc1ccc(CN(C)C(=O)Cc2c(F)cccc2Cl)c(OC)c1OC. The van der Waals surface area contributed by atoms with Crippen LogP contribution in [0.15, 0.2) is 30.3 Å². The molecule has 0 unspecified atom stereocenters. The van der Waals surface area contributed by atoms with Gasteiger partial charge in [0.15, 0.2) is 11.5 Å². The maximum atomic E-state index is 13.9. The minimum Gasteiger partial charge on any atom is -0.493 e. The van der Waals surface area contributed by atoms with Gasteiger partial charge in [-0.25, -0.2) is 4.39 Å². The van der Waals surface area contributed by atoms with Crippen molar-refractivity contribution in [3.8, 4) is 17.2 Å². The number of amides is 1. The van der Waals surface area contributed by atoms with Crippen LogP contribution >= 0.6 is 11.6 Å². The molecular formula is C19H21ClFNO4. The van der Waals surface area contributed by atoms with Crippen molar-refractivity contribution >= 4 is 17.5 Å². The van der Waals surface area contributed by atoms with Crippen molar-refractivity contribution in [2.45, 2.75) is 13.0 Å². The molecule has 5 nitrogen and oxygen atoms in total. The van der Waals surface area contributed by atoms with Crippen LogP contribution in [0.2, 0.25) is 5.02 Å². The summed E-state index contributed by atoms with van der Waals surface area (Å²) in [5.74, 6) is 0.693. The molecule has 0 fully saturated rings. The Morgan fingerprint density at radius 2 is 1.77 bits per heavy atom. The monoisotopic (exact) mass is 381 g/mol. The average Bonchev–Trinajstić information content (AvgIpc) is 2.63. The average molecular weight is 382 g/mol. The molecule has 2 aromatic carbocycles. The van der Waals surface area contributed by atoms with Gasteiger partial charge in [0, 0.05) is 29.7 Å². The van der Waals surface area contributed by atoms with Crippen LogP contribution in [0, 0.1) is 5.82 Å². The second kappa shape index (κ2) is 8.76. The second-order valence-corrected chi connectivity index (χ2v) is 6.03. The first-order valence-electron chi connectivity index (χ1n) is 7.87. The van der Waals surface area contributed by atoms with Crippen LogP contribution in [0.5, 0.6) is 17.2 Å². The van der Waals surface area contributed by atoms with Crippen molar-refractivity contribution in [1.29, 1.82) is 0 Å². The maximum Gasteiger partial charge on any atom is 0.227 e. The van der Waals surface area contributed by atoms with Gasteiger partial charge in [-0.1, -0.05) is 17.7 Å². The van der Waals surface area contributed by atoms with Gasteiger partial charge >= 0.3 is 0 Å². The summed E-state index contributed by atoms with van der Waals surface area (Å²) in [6.07, 6.45) is -0.127.